The maximum Gasteiger partial charge on any atom is 0.126 e. The monoisotopic (exact) mass is 258 g/mol. The quantitative estimate of drug-likeness (QED) is 0.872. The van der Waals surface area contributed by atoms with Crippen LogP contribution in [-0.2, 0) is 0 Å². The molecule has 0 spiro atoms. The Labute approximate surface area is 92.7 Å². The number of hydrogen-bond acceptors (Lipinski definition) is 3. The van der Waals surface area contributed by atoms with Gasteiger partial charge in [0.25, 0.3) is 0 Å². The van der Waals surface area contributed by atoms with Crippen LogP contribution in [0.2, 0.25) is 0 Å². The summed E-state index contributed by atoms with van der Waals surface area (Å²) in [6.07, 6.45) is 0.733. The number of nitrogens with zero attached hydrogens (tertiary/aromatic N) is 1. The standard InChI is InChI=1S/C10H15BrN2O/c1-7(5-6-14)12-10-4-3-9(11)8(2)13-10/h3-4,7,14H,5-6H2,1-2H3,(H,12,13). The van der Waals surface area contributed by atoms with Crippen LogP contribution in [0.4, 0.5) is 5.82 Å². The molecule has 1 aromatic heterocycles. The van der Waals surface area contributed by atoms with Crippen molar-refractivity contribution in [3.63, 3.8) is 0 Å². The highest BCUT2D eigenvalue weighted by molar-refractivity contribution is 9.10. The molecule has 0 amide bonds. The van der Waals surface area contributed by atoms with Gasteiger partial charge in [0, 0.05) is 17.1 Å². The third-order valence-electron chi connectivity index (χ3n) is 1.98. The summed E-state index contributed by atoms with van der Waals surface area (Å²) in [6.45, 7) is 4.17. The summed E-state index contributed by atoms with van der Waals surface area (Å²) >= 11 is 3.40. The van der Waals surface area contributed by atoms with E-state index in [0.717, 1.165) is 22.4 Å². The Morgan fingerprint density at radius 2 is 2.29 bits per heavy atom. The first-order valence-corrected chi connectivity index (χ1v) is 5.43. The van der Waals surface area contributed by atoms with E-state index >= 15 is 0 Å². The van der Waals surface area contributed by atoms with Gasteiger partial charge in [0.15, 0.2) is 0 Å². The topological polar surface area (TPSA) is 45.2 Å². The summed E-state index contributed by atoms with van der Waals surface area (Å²) < 4.78 is 1.01. The lowest BCUT2D eigenvalue weighted by Crippen LogP contribution is -2.17. The normalized spacial score (nSPS) is 12.6. The van der Waals surface area contributed by atoms with Gasteiger partial charge in [-0.05, 0) is 48.3 Å². The number of aromatic nitrogens is 1. The Kier molecular flexibility index (Phi) is 4.35. The van der Waals surface area contributed by atoms with Gasteiger partial charge in [-0.2, -0.15) is 0 Å². The molecule has 1 heterocycles. The Bertz CT molecular complexity index is 304. The molecular weight excluding hydrogens is 244 g/mol. The van der Waals surface area contributed by atoms with Crippen molar-refractivity contribution in [2.45, 2.75) is 26.3 Å². The minimum absolute atomic E-state index is 0.198. The Morgan fingerprint density at radius 3 is 2.86 bits per heavy atom. The van der Waals surface area contributed by atoms with Crippen molar-refractivity contribution in [3.8, 4) is 0 Å². The van der Waals surface area contributed by atoms with Gasteiger partial charge in [-0.1, -0.05) is 0 Å². The molecule has 1 unspecified atom stereocenters. The van der Waals surface area contributed by atoms with Crippen LogP contribution in [0.5, 0.6) is 0 Å². The van der Waals surface area contributed by atoms with Gasteiger partial charge in [-0.3, -0.25) is 0 Å². The van der Waals surface area contributed by atoms with Crippen molar-refractivity contribution in [1.82, 2.24) is 4.98 Å². The number of pyridine rings is 1. The molecule has 4 heteroatoms. The second-order valence-electron chi connectivity index (χ2n) is 3.32. The molecule has 0 aromatic carbocycles. The van der Waals surface area contributed by atoms with Crippen LogP contribution in [0.25, 0.3) is 0 Å². The van der Waals surface area contributed by atoms with Crippen molar-refractivity contribution in [3.05, 3.63) is 22.3 Å². The van der Waals surface area contributed by atoms with Crippen molar-refractivity contribution in [2.24, 2.45) is 0 Å². The maximum absolute atomic E-state index is 8.75. The number of hydrogen-bond donors (Lipinski definition) is 2. The molecule has 0 saturated heterocycles. The van der Waals surface area contributed by atoms with E-state index in [1.807, 2.05) is 26.0 Å². The molecule has 0 aliphatic rings. The van der Waals surface area contributed by atoms with Gasteiger partial charge >= 0.3 is 0 Å². The molecule has 0 saturated carbocycles. The van der Waals surface area contributed by atoms with Crippen LogP contribution in [-0.4, -0.2) is 22.7 Å². The molecule has 0 fully saturated rings. The first-order valence-electron chi connectivity index (χ1n) is 4.64. The predicted octanol–water partition coefficient (Wildman–Crippen LogP) is 2.34. The number of nitrogens with one attached hydrogen (secondary N) is 1. The van der Waals surface area contributed by atoms with E-state index < -0.39 is 0 Å². The Balaban J connectivity index is 2.63. The molecule has 1 rings (SSSR count). The van der Waals surface area contributed by atoms with Gasteiger partial charge in [0.1, 0.15) is 5.82 Å². The number of anilines is 1. The van der Waals surface area contributed by atoms with E-state index in [2.05, 4.69) is 26.2 Å². The zero-order chi connectivity index (χ0) is 10.6. The predicted molar refractivity (Wildman–Crippen MR) is 61.5 cm³/mol. The number of aliphatic hydroxyl groups excluding tert-OH is 1. The second-order valence-corrected chi connectivity index (χ2v) is 4.18. The van der Waals surface area contributed by atoms with E-state index in [1.54, 1.807) is 0 Å². The summed E-state index contributed by atoms with van der Waals surface area (Å²) in [5, 5.41) is 12.0. The van der Waals surface area contributed by atoms with Gasteiger partial charge < -0.3 is 10.4 Å². The van der Waals surface area contributed by atoms with Gasteiger partial charge in [0.2, 0.25) is 0 Å². The smallest absolute Gasteiger partial charge is 0.126 e. The summed E-state index contributed by atoms with van der Waals surface area (Å²) in [5.41, 5.74) is 0.964. The van der Waals surface area contributed by atoms with E-state index in [1.165, 1.54) is 0 Å². The zero-order valence-corrected chi connectivity index (χ0v) is 10.0. The maximum atomic E-state index is 8.75. The van der Waals surface area contributed by atoms with E-state index in [-0.39, 0.29) is 12.6 Å². The minimum atomic E-state index is 0.198. The van der Waals surface area contributed by atoms with E-state index in [9.17, 15) is 0 Å². The molecule has 0 bridgehead atoms. The van der Waals surface area contributed by atoms with Crippen LogP contribution in [0.15, 0.2) is 16.6 Å². The number of aliphatic hydroxyl groups is 1. The first kappa shape index (κ1) is 11.5. The van der Waals surface area contributed by atoms with E-state index in [4.69, 9.17) is 5.11 Å². The lowest BCUT2D eigenvalue weighted by Gasteiger charge is -2.13. The van der Waals surface area contributed by atoms with Crippen LogP contribution >= 0.6 is 15.9 Å². The van der Waals surface area contributed by atoms with Crippen molar-refractivity contribution in [1.29, 1.82) is 0 Å². The molecule has 0 radical (unpaired) electrons. The van der Waals surface area contributed by atoms with Crippen LogP contribution < -0.4 is 5.32 Å². The Morgan fingerprint density at radius 1 is 1.57 bits per heavy atom. The summed E-state index contributed by atoms with van der Waals surface area (Å²) in [7, 11) is 0. The molecular formula is C10H15BrN2O. The summed E-state index contributed by atoms with van der Waals surface area (Å²) in [6, 6.07) is 4.13. The fraction of sp³-hybridized carbons (Fsp3) is 0.500. The SMILES string of the molecule is Cc1nc(NC(C)CCO)ccc1Br. The number of rotatable bonds is 4. The van der Waals surface area contributed by atoms with Crippen molar-refractivity contribution >= 4 is 21.7 Å². The average Bonchev–Trinajstić information content (AvgIpc) is 2.12. The molecule has 14 heavy (non-hydrogen) atoms. The third kappa shape index (κ3) is 3.27. The van der Waals surface area contributed by atoms with E-state index in [0.29, 0.717) is 0 Å². The highest BCUT2D eigenvalue weighted by Gasteiger charge is 2.03. The highest BCUT2D eigenvalue weighted by atomic mass is 79.9. The first-order chi connectivity index (χ1) is 6.63. The third-order valence-corrected chi connectivity index (χ3v) is 2.82. The minimum Gasteiger partial charge on any atom is -0.396 e. The largest absolute Gasteiger partial charge is 0.396 e. The van der Waals surface area contributed by atoms with Crippen LogP contribution in [0, 0.1) is 6.92 Å². The number of aryl methyl sites for hydroxylation is 1. The fourth-order valence-corrected chi connectivity index (χ4v) is 1.36. The fourth-order valence-electron chi connectivity index (χ4n) is 1.14. The summed E-state index contributed by atoms with van der Waals surface area (Å²) in [5.74, 6) is 0.853. The second kappa shape index (κ2) is 5.32. The number of halogens is 1. The molecule has 0 aliphatic heterocycles. The lowest BCUT2D eigenvalue weighted by atomic mass is 10.2. The molecule has 3 nitrogen and oxygen atoms in total. The van der Waals surface area contributed by atoms with Crippen LogP contribution in [0.1, 0.15) is 19.0 Å². The highest BCUT2D eigenvalue weighted by Crippen LogP contribution is 2.16. The molecule has 1 atom stereocenters. The van der Waals surface area contributed by atoms with Gasteiger partial charge in [0.05, 0.1) is 5.69 Å². The van der Waals surface area contributed by atoms with Crippen molar-refractivity contribution in [2.75, 3.05) is 11.9 Å². The van der Waals surface area contributed by atoms with Gasteiger partial charge in [-0.15, -0.1) is 0 Å². The lowest BCUT2D eigenvalue weighted by molar-refractivity contribution is 0.282. The zero-order valence-electron chi connectivity index (χ0n) is 8.42. The Hall–Kier alpha value is -0.610. The molecule has 78 valence electrons. The van der Waals surface area contributed by atoms with Crippen molar-refractivity contribution < 1.29 is 5.11 Å². The van der Waals surface area contributed by atoms with Gasteiger partial charge in [-0.25, -0.2) is 4.98 Å². The molecule has 0 aliphatic carbocycles. The molecule has 2 N–H and O–H groups in total. The summed E-state index contributed by atoms with van der Waals surface area (Å²) in [4.78, 5) is 4.36. The average molecular weight is 259 g/mol. The van der Waals surface area contributed by atoms with Crippen LogP contribution in [0.3, 0.4) is 0 Å². The molecule has 1 aromatic rings.